The van der Waals surface area contributed by atoms with Gasteiger partial charge in [0.05, 0.1) is 0 Å². The molecule has 2 aliphatic rings. The Kier molecular flexibility index (Phi) is 3.65. The van der Waals surface area contributed by atoms with Crippen LogP contribution in [0.5, 0.6) is 0 Å². The topological polar surface area (TPSA) is 30.0 Å². The van der Waals surface area contributed by atoms with E-state index in [-0.39, 0.29) is 5.41 Å². The number of rotatable bonds is 5. The Bertz CT molecular complexity index is 466. The van der Waals surface area contributed by atoms with Gasteiger partial charge in [0.15, 0.2) is 0 Å². The quantitative estimate of drug-likeness (QED) is 0.747. The third-order valence-corrected chi connectivity index (χ3v) is 7.86. The zero-order valence-electron chi connectivity index (χ0n) is 11.2. The Labute approximate surface area is 122 Å². The highest BCUT2D eigenvalue weighted by Gasteiger charge is 2.57. The maximum atomic E-state index is 12.2. The molecule has 0 N–H and O–H groups in total. The molecule has 1 aromatic heterocycles. The molecule has 2 aliphatic carbocycles. The van der Waals surface area contributed by atoms with E-state index in [1.165, 1.54) is 12.8 Å². The van der Waals surface area contributed by atoms with Crippen molar-refractivity contribution in [3.63, 3.8) is 0 Å². The molecule has 19 heavy (non-hydrogen) atoms. The molecule has 2 saturated carbocycles. The molecule has 0 radical (unpaired) electrons. The number of carbonyl (C=O) groups excluding carboxylic acids is 1. The molecule has 102 valence electrons. The Morgan fingerprint density at radius 2 is 2.11 bits per heavy atom. The van der Waals surface area contributed by atoms with Gasteiger partial charge in [0.25, 0.3) is 0 Å². The molecule has 1 aromatic rings. The Morgan fingerprint density at radius 3 is 2.74 bits per heavy atom. The van der Waals surface area contributed by atoms with E-state index in [1.807, 2.05) is 36.0 Å². The normalized spacial score (nSPS) is 32.7. The van der Waals surface area contributed by atoms with Crippen LogP contribution in [0.1, 0.15) is 45.4 Å². The van der Waals surface area contributed by atoms with Crippen LogP contribution in [0.25, 0.3) is 0 Å². The highest BCUT2D eigenvalue weighted by molar-refractivity contribution is 8.77. The minimum Gasteiger partial charge on any atom is -0.299 e. The molecule has 4 heteroatoms. The van der Waals surface area contributed by atoms with E-state index in [0.717, 1.165) is 24.3 Å². The largest absolute Gasteiger partial charge is 0.299 e. The Morgan fingerprint density at radius 1 is 1.32 bits per heavy atom. The van der Waals surface area contributed by atoms with Gasteiger partial charge in [-0.1, -0.05) is 23.8 Å². The summed E-state index contributed by atoms with van der Waals surface area (Å²) >= 11 is 0. The SMILES string of the molecule is CCC(=O)C12CCC(SSc3ccccn3)(CC1)C2. The second kappa shape index (κ2) is 5.13. The first-order chi connectivity index (χ1) is 9.18. The summed E-state index contributed by atoms with van der Waals surface area (Å²) in [4.78, 5) is 16.5. The van der Waals surface area contributed by atoms with Crippen molar-refractivity contribution in [1.82, 2.24) is 4.98 Å². The molecule has 0 amide bonds. The van der Waals surface area contributed by atoms with Gasteiger partial charge in [-0.15, -0.1) is 0 Å². The molecule has 1 heterocycles. The fraction of sp³-hybridized carbons (Fsp3) is 0.600. The zero-order chi connectivity index (χ0) is 13.3. The van der Waals surface area contributed by atoms with E-state index in [4.69, 9.17) is 0 Å². The van der Waals surface area contributed by atoms with Gasteiger partial charge >= 0.3 is 0 Å². The van der Waals surface area contributed by atoms with Crippen LogP contribution in [0.4, 0.5) is 0 Å². The number of Topliss-reactive ketones (excluding diaryl/α,β-unsaturated/α-hetero) is 1. The maximum Gasteiger partial charge on any atom is 0.138 e. The van der Waals surface area contributed by atoms with Crippen LogP contribution in [0.3, 0.4) is 0 Å². The number of pyridine rings is 1. The molecule has 0 unspecified atom stereocenters. The van der Waals surface area contributed by atoms with E-state index in [9.17, 15) is 4.79 Å². The summed E-state index contributed by atoms with van der Waals surface area (Å²) in [5.41, 5.74) is 0.0342. The first kappa shape index (κ1) is 13.5. The molecular weight excluding hydrogens is 274 g/mol. The van der Waals surface area contributed by atoms with Crippen LogP contribution in [-0.4, -0.2) is 15.5 Å². The molecule has 2 fully saturated rings. The summed E-state index contributed by atoms with van der Waals surface area (Å²) in [7, 11) is 3.73. The molecule has 0 atom stereocenters. The van der Waals surface area contributed by atoms with Gasteiger partial charge in [0.2, 0.25) is 0 Å². The van der Waals surface area contributed by atoms with E-state index < -0.39 is 0 Å². The lowest BCUT2D eigenvalue weighted by molar-refractivity contribution is -0.128. The average molecular weight is 293 g/mol. The summed E-state index contributed by atoms with van der Waals surface area (Å²) in [6, 6.07) is 6.04. The minimum absolute atomic E-state index is 0.0342. The van der Waals surface area contributed by atoms with Gasteiger partial charge in [-0.2, -0.15) is 0 Å². The maximum absolute atomic E-state index is 12.2. The molecule has 0 aliphatic heterocycles. The lowest BCUT2D eigenvalue weighted by Gasteiger charge is -2.25. The summed E-state index contributed by atoms with van der Waals surface area (Å²) in [6.45, 7) is 2.01. The second-order valence-corrected chi connectivity index (χ2v) is 8.37. The first-order valence-electron chi connectivity index (χ1n) is 6.98. The second-order valence-electron chi connectivity index (χ2n) is 5.75. The van der Waals surface area contributed by atoms with Crippen LogP contribution >= 0.6 is 21.6 Å². The fourth-order valence-corrected chi connectivity index (χ4v) is 6.51. The predicted octanol–water partition coefficient (Wildman–Crippen LogP) is 4.50. The number of fused-ring (bicyclic) bond motifs is 2. The lowest BCUT2D eigenvalue weighted by Crippen LogP contribution is -2.25. The van der Waals surface area contributed by atoms with Crippen molar-refractivity contribution < 1.29 is 4.79 Å². The number of carbonyl (C=O) groups is 1. The smallest absolute Gasteiger partial charge is 0.138 e. The van der Waals surface area contributed by atoms with Crippen molar-refractivity contribution in [2.75, 3.05) is 0 Å². The number of nitrogens with zero attached hydrogens (tertiary/aromatic N) is 1. The third-order valence-electron chi connectivity index (χ3n) is 4.63. The number of aromatic nitrogens is 1. The van der Waals surface area contributed by atoms with Crippen LogP contribution < -0.4 is 0 Å². The molecule has 0 saturated heterocycles. The predicted molar refractivity (Wildman–Crippen MR) is 81.2 cm³/mol. The van der Waals surface area contributed by atoms with Crippen molar-refractivity contribution in [3.05, 3.63) is 24.4 Å². The highest BCUT2D eigenvalue weighted by Crippen LogP contribution is 2.65. The standard InChI is InChI=1S/C15H19NOS2/c1-2-12(17)14-6-8-15(11-14,9-7-14)19-18-13-5-3-4-10-16-13/h3-5,10H,2,6-9,11H2,1H3. The van der Waals surface area contributed by atoms with E-state index >= 15 is 0 Å². The first-order valence-corrected chi connectivity index (χ1v) is 9.13. The van der Waals surface area contributed by atoms with Crippen molar-refractivity contribution in [3.8, 4) is 0 Å². The molecular formula is C15H19NOS2. The van der Waals surface area contributed by atoms with Crippen LogP contribution in [0, 0.1) is 5.41 Å². The van der Waals surface area contributed by atoms with Gasteiger partial charge in [-0.05, 0) is 55.0 Å². The van der Waals surface area contributed by atoms with E-state index in [1.54, 1.807) is 10.8 Å². The zero-order valence-corrected chi connectivity index (χ0v) is 12.9. The van der Waals surface area contributed by atoms with Gasteiger partial charge in [0, 0.05) is 22.8 Å². The summed E-state index contributed by atoms with van der Waals surface area (Å²) in [6.07, 6.45) is 8.25. The number of hydrogen-bond acceptors (Lipinski definition) is 4. The molecule has 0 aromatic carbocycles. The molecule has 3 rings (SSSR count). The van der Waals surface area contributed by atoms with Gasteiger partial charge in [-0.3, -0.25) is 4.79 Å². The summed E-state index contributed by atoms with van der Waals surface area (Å²) in [5.74, 6) is 0.496. The average Bonchev–Trinajstić information content (AvgIpc) is 3.03. The Hall–Kier alpha value is -0.480. The van der Waals surface area contributed by atoms with Crippen molar-refractivity contribution >= 4 is 27.4 Å². The summed E-state index contributed by atoms with van der Waals surface area (Å²) < 4.78 is 0.326. The fourth-order valence-electron chi connectivity index (χ4n) is 3.55. The van der Waals surface area contributed by atoms with Crippen molar-refractivity contribution in [2.45, 2.75) is 55.2 Å². The van der Waals surface area contributed by atoms with Crippen molar-refractivity contribution in [2.24, 2.45) is 5.41 Å². The molecule has 2 bridgehead atoms. The summed E-state index contributed by atoms with van der Waals surface area (Å²) in [5, 5.41) is 1.08. The molecule has 2 nitrogen and oxygen atoms in total. The van der Waals surface area contributed by atoms with Gasteiger partial charge < -0.3 is 0 Å². The third kappa shape index (κ3) is 2.45. The van der Waals surface area contributed by atoms with E-state index in [0.29, 0.717) is 17.0 Å². The minimum atomic E-state index is 0.0342. The van der Waals surface area contributed by atoms with Crippen LogP contribution in [-0.2, 0) is 4.79 Å². The van der Waals surface area contributed by atoms with Crippen LogP contribution in [0.2, 0.25) is 0 Å². The van der Waals surface area contributed by atoms with E-state index in [2.05, 4.69) is 11.1 Å². The lowest BCUT2D eigenvalue weighted by atomic mass is 9.79. The monoisotopic (exact) mass is 293 g/mol. The molecule has 0 spiro atoms. The highest BCUT2D eigenvalue weighted by atomic mass is 33.1. The number of ketones is 1. The number of hydrogen-bond donors (Lipinski definition) is 0. The Balaban J connectivity index is 1.66. The van der Waals surface area contributed by atoms with Gasteiger partial charge in [-0.25, -0.2) is 4.98 Å². The van der Waals surface area contributed by atoms with Gasteiger partial charge in [0.1, 0.15) is 10.8 Å². The van der Waals surface area contributed by atoms with Crippen LogP contribution in [0.15, 0.2) is 29.4 Å². The van der Waals surface area contributed by atoms with Crippen molar-refractivity contribution in [1.29, 1.82) is 0 Å².